The fourth-order valence-corrected chi connectivity index (χ4v) is 7.50. The summed E-state index contributed by atoms with van der Waals surface area (Å²) < 4.78 is 0. The molecule has 2 N–H and O–H groups in total. The van der Waals surface area contributed by atoms with Gasteiger partial charge in [0.15, 0.2) is 0 Å². The molecular weight excluding hydrogens is 426 g/mol. The molecule has 5 atom stereocenters. The Bertz CT molecular complexity index is 879. The Labute approximate surface area is 204 Å². The van der Waals surface area contributed by atoms with Crippen LogP contribution in [-0.4, -0.2) is 59.1 Å². The van der Waals surface area contributed by atoms with Gasteiger partial charge in [-0.25, -0.2) is 4.79 Å². The zero-order valence-electron chi connectivity index (χ0n) is 20.8. The second kappa shape index (κ2) is 9.88. The molecular formula is C28H41N3O3. The number of nitrogens with zero attached hydrogens (tertiary/aromatic N) is 2. The Morgan fingerprint density at radius 1 is 0.912 bits per heavy atom. The lowest BCUT2D eigenvalue weighted by atomic mass is 9.80. The molecule has 0 aromatic heterocycles. The molecule has 6 nitrogen and oxygen atoms in total. The number of carbonyl (C=O) groups excluding carboxylic acids is 2. The molecule has 186 valence electrons. The molecule has 0 saturated heterocycles. The van der Waals surface area contributed by atoms with Crippen LogP contribution in [0.15, 0.2) is 24.3 Å². The van der Waals surface area contributed by atoms with Crippen molar-refractivity contribution in [3.8, 4) is 0 Å². The third-order valence-corrected chi connectivity index (χ3v) is 9.35. The maximum Gasteiger partial charge on any atom is 0.320 e. The second-order valence-corrected chi connectivity index (χ2v) is 11.7. The number of carbonyl (C=O) groups is 2. The molecule has 3 amide bonds. The Balaban J connectivity index is 1.14. The van der Waals surface area contributed by atoms with Crippen molar-refractivity contribution in [2.24, 2.45) is 23.7 Å². The molecule has 1 aromatic rings. The van der Waals surface area contributed by atoms with Gasteiger partial charge in [0.1, 0.15) is 0 Å². The topological polar surface area (TPSA) is 72.9 Å². The Morgan fingerprint density at radius 3 is 2.35 bits per heavy atom. The van der Waals surface area contributed by atoms with Gasteiger partial charge < -0.3 is 20.2 Å². The number of hydrogen-bond acceptors (Lipinski definition) is 3. The first-order chi connectivity index (χ1) is 16.4. The highest BCUT2D eigenvalue weighted by Crippen LogP contribution is 2.53. The van der Waals surface area contributed by atoms with Crippen molar-refractivity contribution < 1.29 is 14.7 Å². The lowest BCUT2D eigenvalue weighted by Crippen LogP contribution is -2.45. The smallest absolute Gasteiger partial charge is 0.320 e. The normalized spacial score (nSPS) is 34.4. The number of amides is 3. The van der Waals surface area contributed by atoms with Gasteiger partial charge in [-0.05, 0) is 106 Å². The summed E-state index contributed by atoms with van der Waals surface area (Å²) in [4.78, 5) is 29.5. The maximum atomic E-state index is 13.0. The highest BCUT2D eigenvalue weighted by Gasteiger charge is 2.46. The van der Waals surface area contributed by atoms with Gasteiger partial charge in [0.2, 0.25) is 0 Å². The minimum Gasteiger partial charge on any atom is -0.393 e. The molecule has 0 heterocycles. The Morgan fingerprint density at radius 2 is 1.62 bits per heavy atom. The first-order valence-corrected chi connectivity index (χ1v) is 13.4. The highest BCUT2D eigenvalue weighted by molar-refractivity contribution is 5.94. The molecule has 4 aliphatic carbocycles. The molecule has 4 fully saturated rings. The van der Waals surface area contributed by atoms with Gasteiger partial charge in [-0.2, -0.15) is 0 Å². The molecule has 1 aromatic carbocycles. The van der Waals surface area contributed by atoms with E-state index in [1.807, 2.05) is 43.3 Å². The number of benzene rings is 1. The summed E-state index contributed by atoms with van der Waals surface area (Å²) in [7, 11) is 3.69. The Hall–Kier alpha value is -2.08. The molecule has 5 rings (SSSR count). The van der Waals surface area contributed by atoms with E-state index in [1.165, 1.54) is 32.1 Å². The van der Waals surface area contributed by atoms with E-state index in [1.54, 1.807) is 4.90 Å². The van der Waals surface area contributed by atoms with E-state index in [0.717, 1.165) is 55.4 Å². The number of fused-ring (bicyclic) bond motifs is 2. The van der Waals surface area contributed by atoms with Crippen molar-refractivity contribution in [1.82, 2.24) is 15.1 Å². The summed E-state index contributed by atoms with van der Waals surface area (Å²) >= 11 is 0. The first-order valence-electron chi connectivity index (χ1n) is 13.4. The fourth-order valence-electron chi connectivity index (χ4n) is 7.50. The number of nitrogens with one attached hydrogen (secondary N) is 1. The van der Waals surface area contributed by atoms with Gasteiger partial charge in [0.25, 0.3) is 5.91 Å². The van der Waals surface area contributed by atoms with Crippen LogP contribution in [0, 0.1) is 23.7 Å². The fraction of sp³-hybridized carbons (Fsp3) is 0.714. The number of rotatable bonds is 5. The van der Waals surface area contributed by atoms with Crippen LogP contribution >= 0.6 is 0 Å². The predicted octanol–water partition coefficient (Wildman–Crippen LogP) is 4.42. The third-order valence-electron chi connectivity index (χ3n) is 9.35. The maximum absolute atomic E-state index is 13.0. The molecule has 4 saturated carbocycles. The summed E-state index contributed by atoms with van der Waals surface area (Å²) in [5, 5.41) is 13.1. The van der Waals surface area contributed by atoms with Gasteiger partial charge in [-0.3, -0.25) is 4.79 Å². The number of urea groups is 1. The van der Waals surface area contributed by atoms with Crippen molar-refractivity contribution in [2.75, 3.05) is 14.1 Å². The molecule has 6 heteroatoms. The number of hydrogen-bond donors (Lipinski definition) is 2. The molecule has 0 radical (unpaired) electrons. The van der Waals surface area contributed by atoms with E-state index < -0.39 is 0 Å². The molecule has 4 aliphatic rings. The van der Waals surface area contributed by atoms with Gasteiger partial charge in [-0.15, -0.1) is 0 Å². The molecule has 3 bridgehead atoms. The quantitative estimate of drug-likeness (QED) is 0.673. The predicted molar refractivity (Wildman–Crippen MR) is 132 cm³/mol. The van der Waals surface area contributed by atoms with E-state index in [2.05, 4.69) is 5.32 Å². The zero-order valence-corrected chi connectivity index (χ0v) is 20.8. The minimum absolute atomic E-state index is 0.000685. The monoisotopic (exact) mass is 467 g/mol. The first kappa shape index (κ1) is 23.7. The average molecular weight is 468 g/mol. The largest absolute Gasteiger partial charge is 0.393 e. The number of aliphatic hydroxyl groups is 1. The van der Waals surface area contributed by atoms with E-state index >= 15 is 0 Å². The van der Waals surface area contributed by atoms with Crippen molar-refractivity contribution in [3.63, 3.8) is 0 Å². The summed E-state index contributed by atoms with van der Waals surface area (Å²) in [6.45, 7) is 0.509. The zero-order chi connectivity index (χ0) is 23.8. The average Bonchev–Trinajstić information content (AvgIpc) is 3.08. The van der Waals surface area contributed by atoms with Crippen LogP contribution in [0.3, 0.4) is 0 Å². The van der Waals surface area contributed by atoms with Crippen LogP contribution in [0.5, 0.6) is 0 Å². The standard InChI is InChI=1S/C28H41N3O3/c1-30(28(34)31(2)23-8-10-24(32)11-9-23)17-18-3-6-21(7-4-18)27(33)29-26-12-5-19-13-20-15-22(14-19)25(26)16-20/h3-4,6-7,19-20,22-26,32H,5,8-17H2,1-2H3,(H,29,33)/t19?,20?,22-,23?,24?,25?,26?/m0/s1. The summed E-state index contributed by atoms with van der Waals surface area (Å²) in [6, 6.07) is 8.25. The van der Waals surface area contributed by atoms with Crippen molar-refractivity contribution in [3.05, 3.63) is 35.4 Å². The molecule has 34 heavy (non-hydrogen) atoms. The second-order valence-electron chi connectivity index (χ2n) is 11.7. The summed E-state index contributed by atoms with van der Waals surface area (Å²) in [5.74, 6) is 3.32. The Kier molecular flexibility index (Phi) is 6.88. The molecule has 4 unspecified atom stereocenters. The lowest BCUT2D eigenvalue weighted by molar-refractivity contribution is 0.0841. The van der Waals surface area contributed by atoms with E-state index in [4.69, 9.17) is 0 Å². The molecule has 0 aliphatic heterocycles. The van der Waals surface area contributed by atoms with Gasteiger partial charge >= 0.3 is 6.03 Å². The van der Waals surface area contributed by atoms with E-state index in [0.29, 0.717) is 24.1 Å². The van der Waals surface area contributed by atoms with Crippen LogP contribution in [0.1, 0.15) is 80.1 Å². The molecule has 0 spiro atoms. The SMILES string of the molecule is CN(Cc1ccc(C(=O)NC2CCC3CC4CC2[C@@H](C3)C4)cc1)C(=O)N(C)C1CCC(O)CC1. The van der Waals surface area contributed by atoms with Crippen LogP contribution < -0.4 is 5.32 Å². The highest BCUT2D eigenvalue weighted by atomic mass is 16.3. The van der Waals surface area contributed by atoms with Gasteiger partial charge in [0, 0.05) is 38.3 Å². The lowest BCUT2D eigenvalue weighted by Gasteiger charge is -2.35. The van der Waals surface area contributed by atoms with Crippen LogP contribution in [0.4, 0.5) is 4.79 Å². The van der Waals surface area contributed by atoms with Gasteiger partial charge in [-0.1, -0.05) is 12.1 Å². The van der Waals surface area contributed by atoms with Crippen molar-refractivity contribution >= 4 is 11.9 Å². The summed E-state index contributed by atoms with van der Waals surface area (Å²) in [6.07, 6.45) is 10.9. The van der Waals surface area contributed by atoms with Crippen molar-refractivity contribution in [2.45, 2.75) is 88.9 Å². The summed E-state index contributed by atoms with van der Waals surface area (Å²) in [5.41, 5.74) is 1.73. The third kappa shape index (κ3) is 4.98. The number of aliphatic hydroxyl groups excluding tert-OH is 1. The van der Waals surface area contributed by atoms with Crippen LogP contribution in [0.25, 0.3) is 0 Å². The van der Waals surface area contributed by atoms with Crippen LogP contribution in [0.2, 0.25) is 0 Å². The van der Waals surface area contributed by atoms with E-state index in [9.17, 15) is 14.7 Å². The van der Waals surface area contributed by atoms with Crippen molar-refractivity contribution in [1.29, 1.82) is 0 Å². The van der Waals surface area contributed by atoms with Crippen LogP contribution in [-0.2, 0) is 6.54 Å². The van der Waals surface area contributed by atoms with Gasteiger partial charge in [0.05, 0.1) is 6.10 Å². The minimum atomic E-state index is -0.221. The van der Waals surface area contributed by atoms with E-state index in [-0.39, 0.29) is 24.1 Å².